The molecule has 0 bridgehead atoms. The van der Waals surface area contributed by atoms with Crippen molar-refractivity contribution in [1.29, 1.82) is 0 Å². The summed E-state index contributed by atoms with van der Waals surface area (Å²) in [5.74, 6) is 3.32. The van der Waals surface area contributed by atoms with Crippen LogP contribution in [-0.4, -0.2) is 4.98 Å². The molecule has 0 spiro atoms. The number of benzene rings is 2. The van der Waals surface area contributed by atoms with E-state index in [1.165, 1.54) is 12.3 Å². The van der Waals surface area contributed by atoms with E-state index in [1.807, 2.05) is 13.0 Å². The van der Waals surface area contributed by atoms with E-state index in [2.05, 4.69) is 23.7 Å². The molecule has 0 saturated heterocycles. The van der Waals surface area contributed by atoms with Crippen LogP contribution in [0.1, 0.15) is 55.5 Å². The number of rotatable bonds is 6. The second-order valence-electron chi connectivity index (χ2n) is 7.25. The predicted molar refractivity (Wildman–Crippen MR) is 115 cm³/mol. The van der Waals surface area contributed by atoms with Crippen LogP contribution in [0.15, 0.2) is 48.7 Å². The van der Waals surface area contributed by atoms with Gasteiger partial charge in [-0.15, -0.1) is 0 Å². The van der Waals surface area contributed by atoms with Crippen molar-refractivity contribution < 1.29 is 13.2 Å². The van der Waals surface area contributed by atoms with Crippen molar-refractivity contribution in [3.63, 3.8) is 0 Å². The van der Waals surface area contributed by atoms with Crippen LogP contribution in [0.4, 0.5) is 13.2 Å². The molecule has 4 heteroatoms. The molecular formula is C26H24F3N. The Hall–Kier alpha value is -3.06. The topological polar surface area (TPSA) is 12.9 Å². The Bertz CT molecular complexity index is 1080. The molecule has 0 N–H and O–H groups in total. The van der Waals surface area contributed by atoms with Gasteiger partial charge in [0, 0.05) is 17.3 Å². The summed E-state index contributed by atoms with van der Waals surface area (Å²) in [6.07, 6.45) is 5.70. The van der Waals surface area contributed by atoms with E-state index in [1.54, 1.807) is 30.3 Å². The molecule has 154 valence electrons. The van der Waals surface area contributed by atoms with Gasteiger partial charge in [0.25, 0.3) is 0 Å². The summed E-state index contributed by atoms with van der Waals surface area (Å²) < 4.78 is 42.7. The minimum Gasteiger partial charge on any atom is -0.247 e. The zero-order valence-electron chi connectivity index (χ0n) is 17.2. The van der Waals surface area contributed by atoms with Gasteiger partial charge in [-0.25, -0.2) is 18.2 Å². The quantitative estimate of drug-likeness (QED) is 0.407. The molecule has 3 aromatic rings. The van der Waals surface area contributed by atoms with E-state index in [4.69, 9.17) is 0 Å². The van der Waals surface area contributed by atoms with Crippen LogP contribution < -0.4 is 0 Å². The lowest BCUT2D eigenvalue weighted by Crippen LogP contribution is -1.97. The molecule has 0 radical (unpaired) electrons. The number of nitrogens with zero attached hydrogens (tertiary/aromatic N) is 1. The minimum atomic E-state index is -0.935. The Morgan fingerprint density at radius 3 is 2.33 bits per heavy atom. The lowest BCUT2D eigenvalue weighted by atomic mass is 10.0. The summed E-state index contributed by atoms with van der Waals surface area (Å²) in [5, 5.41) is 0. The fourth-order valence-corrected chi connectivity index (χ4v) is 3.24. The average Bonchev–Trinajstić information content (AvgIpc) is 2.76. The highest BCUT2D eigenvalue weighted by atomic mass is 19.2. The maximum atomic E-state index is 14.5. The van der Waals surface area contributed by atoms with E-state index in [-0.39, 0.29) is 11.4 Å². The summed E-state index contributed by atoms with van der Waals surface area (Å²) in [6, 6.07) is 11.7. The van der Waals surface area contributed by atoms with E-state index < -0.39 is 11.6 Å². The van der Waals surface area contributed by atoms with E-state index in [0.29, 0.717) is 28.8 Å². The highest BCUT2D eigenvalue weighted by Gasteiger charge is 2.11. The van der Waals surface area contributed by atoms with Crippen molar-refractivity contribution in [2.45, 2.75) is 46.0 Å². The van der Waals surface area contributed by atoms with Crippen molar-refractivity contribution in [3.05, 3.63) is 88.5 Å². The molecule has 0 saturated carbocycles. The number of aromatic nitrogens is 1. The van der Waals surface area contributed by atoms with Gasteiger partial charge < -0.3 is 0 Å². The molecule has 1 nitrogen and oxygen atoms in total. The number of hydrogen-bond acceptors (Lipinski definition) is 1. The molecule has 0 aliphatic rings. The highest BCUT2D eigenvalue weighted by molar-refractivity contribution is 5.64. The van der Waals surface area contributed by atoms with Crippen molar-refractivity contribution in [3.8, 4) is 23.0 Å². The van der Waals surface area contributed by atoms with Gasteiger partial charge in [-0.3, -0.25) is 0 Å². The first kappa shape index (κ1) is 21.6. The van der Waals surface area contributed by atoms with Gasteiger partial charge >= 0.3 is 0 Å². The maximum Gasteiger partial charge on any atom is 0.174 e. The van der Waals surface area contributed by atoms with Gasteiger partial charge in [0.1, 0.15) is 11.5 Å². The first-order valence-electron chi connectivity index (χ1n) is 10.3. The van der Waals surface area contributed by atoms with Gasteiger partial charge in [-0.1, -0.05) is 50.8 Å². The van der Waals surface area contributed by atoms with Crippen LogP contribution in [0.3, 0.4) is 0 Å². The molecular weight excluding hydrogens is 383 g/mol. The van der Waals surface area contributed by atoms with Crippen LogP contribution in [0.2, 0.25) is 0 Å². The van der Waals surface area contributed by atoms with Crippen LogP contribution in [0, 0.1) is 29.3 Å². The van der Waals surface area contributed by atoms with Crippen molar-refractivity contribution in [1.82, 2.24) is 4.98 Å². The molecule has 0 aliphatic carbocycles. The number of aryl methyl sites for hydroxylation is 2. The minimum absolute atomic E-state index is 0.00746. The standard InChI is InChI=1S/C26H24F3N/c1-3-5-7-18-8-15-23(24(27)16-18)21-12-14-22(30-17-21)13-11-20-10-9-19(6-4-2)25(28)26(20)29/h8-10,12,14-17H,3-7H2,1-2H3. The van der Waals surface area contributed by atoms with Gasteiger partial charge in [0.2, 0.25) is 0 Å². The van der Waals surface area contributed by atoms with Crippen LogP contribution >= 0.6 is 0 Å². The molecule has 3 rings (SSSR count). The maximum absolute atomic E-state index is 14.5. The van der Waals surface area contributed by atoms with Crippen LogP contribution in [-0.2, 0) is 12.8 Å². The highest BCUT2D eigenvalue weighted by Crippen LogP contribution is 2.24. The Morgan fingerprint density at radius 1 is 0.833 bits per heavy atom. The fourth-order valence-electron chi connectivity index (χ4n) is 3.24. The van der Waals surface area contributed by atoms with Gasteiger partial charge in [-0.05, 0) is 60.6 Å². The van der Waals surface area contributed by atoms with Gasteiger partial charge in [-0.2, -0.15) is 0 Å². The van der Waals surface area contributed by atoms with E-state index in [0.717, 1.165) is 31.2 Å². The molecule has 0 aliphatic heterocycles. The third-order valence-corrected chi connectivity index (χ3v) is 4.93. The number of halogens is 3. The summed E-state index contributed by atoms with van der Waals surface area (Å²) in [4.78, 5) is 4.23. The Labute approximate surface area is 176 Å². The van der Waals surface area contributed by atoms with Crippen molar-refractivity contribution >= 4 is 0 Å². The summed E-state index contributed by atoms with van der Waals surface area (Å²) in [6.45, 7) is 4.01. The SMILES string of the molecule is CCCCc1ccc(-c2ccc(C#Cc3ccc(CCC)c(F)c3F)nc2)c(F)c1. The molecule has 0 fully saturated rings. The van der Waals surface area contributed by atoms with Crippen molar-refractivity contribution in [2.24, 2.45) is 0 Å². The normalized spacial score (nSPS) is 10.6. The Kier molecular flexibility index (Phi) is 7.30. The average molecular weight is 407 g/mol. The van der Waals surface area contributed by atoms with Crippen molar-refractivity contribution in [2.75, 3.05) is 0 Å². The number of unbranched alkanes of at least 4 members (excludes halogenated alkanes) is 1. The van der Waals surface area contributed by atoms with Crippen LogP contribution in [0.25, 0.3) is 11.1 Å². The third-order valence-electron chi connectivity index (χ3n) is 4.93. The summed E-state index contributed by atoms with van der Waals surface area (Å²) in [7, 11) is 0. The number of hydrogen-bond donors (Lipinski definition) is 0. The van der Waals surface area contributed by atoms with E-state index in [9.17, 15) is 13.2 Å². The second-order valence-corrected chi connectivity index (χ2v) is 7.25. The largest absolute Gasteiger partial charge is 0.247 e. The lowest BCUT2D eigenvalue weighted by Gasteiger charge is -2.06. The van der Waals surface area contributed by atoms with Crippen LogP contribution in [0.5, 0.6) is 0 Å². The first-order valence-corrected chi connectivity index (χ1v) is 10.3. The third kappa shape index (κ3) is 5.10. The van der Waals surface area contributed by atoms with E-state index >= 15 is 0 Å². The molecule has 0 amide bonds. The summed E-state index contributed by atoms with van der Waals surface area (Å²) in [5.41, 5.74) is 2.84. The molecule has 0 unspecified atom stereocenters. The van der Waals surface area contributed by atoms with Gasteiger partial charge in [0.05, 0.1) is 5.56 Å². The zero-order chi connectivity index (χ0) is 21.5. The number of pyridine rings is 1. The molecule has 1 aromatic heterocycles. The summed E-state index contributed by atoms with van der Waals surface area (Å²) >= 11 is 0. The van der Waals surface area contributed by atoms with Gasteiger partial charge in [0.15, 0.2) is 11.6 Å². The zero-order valence-corrected chi connectivity index (χ0v) is 17.2. The smallest absolute Gasteiger partial charge is 0.174 e. The molecule has 0 atom stereocenters. The Morgan fingerprint density at radius 2 is 1.67 bits per heavy atom. The Balaban J connectivity index is 1.79. The predicted octanol–water partition coefficient (Wildman–Crippen LogP) is 6.86. The monoisotopic (exact) mass is 407 g/mol. The fraction of sp³-hybridized carbons (Fsp3) is 0.269. The molecule has 1 heterocycles. The lowest BCUT2D eigenvalue weighted by molar-refractivity contribution is 0.496. The second kappa shape index (κ2) is 10.1. The molecule has 2 aromatic carbocycles. The first-order chi connectivity index (χ1) is 14.5. The molecule has 30 heavy (non-hydrogen) atoms.